The summed E-state index contributed by atoms with van der Waals surface area (Å²) in [5.74, 6) is 0. The SMILES string of the molecule is C[Si](C)(C)CCOCn1c(=O)n(C2CCN(C(=O)O)CC2)c2cccnc21. The summed E-state index contributed by atoms with van der Waals surface area (Å²) in [5, 5.41) is 9.13. The number of hydrogen-bond donors (Lipinski definition) is 1. The molecule has 9 heteroatoms. The van der Waals surface area contributed by atoms with E-state index in [0.29, 0.717) is 38.2 Å². The zero-order valence-corrected chi connectivity index (χ0v) is 17.2. The molecule has 0 aliphatic carbocycles. The highest BCUT2D eigenvalue weighted by atomic mass is 28.3. The third-order valence-corrected chi connectivity index (χ3v) is 6.74. The van der Waals surface area contributed by atoms with Crippen molar-refractivity contribution in [2.24, 2.45) is 0 Å². The Hall–Kier alpha value is -2.13. The molecule has 1 amide bonds. The monoisotopic (exact) mass is 392 g/mol. The first kappa shape index (κ1) is 19.6. The van der Waals surface area contributed by atoms with Gasteiger partial charge in [-0.3, -0.25) is 9.13 Å². The number of piperidine rings is 1. The van der Waals surface area contributed by atoms with E-state index < -0.39 is 14.2 Å². The van der Waals surface area contributed by atoms with Crippen LogP contribution in [0.25, 0.3) is 11.2 Å². The van der Waals surface area contributed by atoms with Crippen LogP contribution in [0, 0.1) is 0 Å². The van der Waals surface area contributed by atoms with Gasteiger partial charge in [0.2, 0.25) is 0 Å². The molecule has 148 valence electrons. The van der Waals surface area contributed by atoms with Crippen molar-refractivity contribution >= 4 is 25.3 Å². The van der Waals surface area contributed by atoms with Gasteiger partial charge in [-0.05, 0) is 31.0 Å². The molecule has 3 rings (SSSR count). The van der Waals surface area contributed by atoms with E-state index in [1.807, 2.05) is 12.1 Å². The molecular weight excluding hydrogens is 364 g/mol. The maximum atomic E-state index is 13.1. The van der Waals surface area contributed by atoms with E-state index in [9.17, 15) is 9.59 Å². The highest BCUT2D eigenvalue weighted by molar-refractivity contribution is 6.76. The van der Waals surface area contributed by atoms with Gasteiger partial charge < -0.3 is 14.7 Å². The minimum Gasteiger partial charge on any atom is -0.465 e. The second kappa shape index (κ2) is 7.85. The summed E-state index contributed by atoms with van der Waals surface area (Å²) in [6.45, 7) is 8.58. The average molecular weight is 393 g/mol. The van der Waals surface area contributed by atoms with Crippen molar-refractivity contribution in [1.82, 2.24) is 19.0 Å². The molecule has 3 heterocycles. The van der Waals surface area contributed by atoms with Crippen molar-refractivity contribution < 1.29 is 14.6 Å². The van der Waals surface area contributed by atoms with E-state index in [-0.39, 0.29) is 18.5 Å². The third kappa shape index (κ3) is 4.41. The Morgan fingerprint density at radius 1 is 1.33 bits per heavy atom. The fourth-order valence-electron chi connectivity index (χ4n) is 3.43. The number of fused-ring (bicyclic) bond motifs is 1. The van der Waals surface area contributed by atoms with Gasteiger partial charge >= 0.3 is 11.8 Å². The van der Waals surface area contributed by atoms with Crippen LogP contribution in [0.3, 0.4) is 0 Å². The first-order valence-corrected chi connectivity index (χ1v) is 13.1. The number of carboxylic acid groups (broad SMARTS) is 1. The molecule has 0 atom stereocenters. The van der Waals surface area contributed by atoms with Crippen molar-refractivity contribution in [3.8, 4) is 0 Å². The maximum Gasteiger partial charge on any atom is 0.407 e. The van der Waals surface area contributed by atoms with Crippen LogP contribution >= 0.6 is 0 Å². The van der Waals surface area contributed by atoms with Gasteiger partial charge in [0.05, 0.1) is 5.52 Å². The van der Waals surface area contributed by atoms with Gasteiger partial charge in [-0.1, -0.05) is 19.6 Å². The minimum atomic E-state index is -1.19. The highest BCUT2D eigenvalue weighted by Gasteiger charge is 2.27. The number of aromatic nitrogens is 3. The molecule has 2 aromatic heterocycles. The molecule has 0 aromatic carbocycles. The quantitative estimate of drug-likeness (QED) is 0.603. The van der Waals surface area contributed by atoms with Gasteiger partial charge in [-0.25, -0.2) is 14.6 Å². The second-order valence-corrected chi connectivity index (χ2v) is 13.9. The van der Waals surface area contributed by atoms with Gasteiger partial charge in [0, 0.05) is 40.0 Å². The predicted molar refractivity (Wildman–Crippen MR) is 106 cm³/mol. The van der Waals surface area contributed by atoms with Gasteiger partial charge in [0.1, 0.15) is 6.73 Å². The van der Waals surface area contributed by atoms with E-state index in [0.717, 1.165) is 11.6 Å². The topological polar surface area (TPSA) is 89.6 Å². The van der Waals surface area contributed by atoms with Crippen LogP contribution in [0.1, 0.15) is 18.9 Å². The van der Waals surface area contributed by atoms with Crippen molar-refractivity contribution in [3.63, 3.8) is 0 Å². The van der Waals surface area contributed by atoms with Crippen LogP contribution in [-0.2, 0) is 11.5 Å². The number of carbonyl (C=O) groups is 1. The lowest BCUT2D eigenvalue weighted by Crippen LogP contribution is -2.40. The van der Waals surface area contributed by atoms with Crippen molar-refractivity contribution in [2.45, 2.75) is 51.3 Å². The molecule has 0 radical (unpaired) electrons. The Labute approximate surface area is 159 Å². The fraction of sp³-hybridized carbons (Fsp3) is 0.611. The normalized spacial score (nSPS) is 16.2. The number of amides is 1. The smallest absolute Gasteiger partial charge is 0.407 e. The number of rotatable bonds is 6. The molecule has 0 saturated carbocycles. The van der Waals surface area contributed by atoms with Gasteiger partial charge in [-0.2, -0.15) is 0 Å². The lowest BCUT2D eigenvalue weighted by atomic mass is 10.1. The lowest BCUT2D eigenvalue weighted by Gasteiger charge is -2.30. The molecule has 1 saturated heterocycles. The van der Waals surface area contributed by atoms with Crippen LogP contribution in [0.2, 0.25) is 25.7 Å². The summed E-state index contributed by atoms with van der Waals surface area (Å²) in [7, 11) is -1.19. The second-order valence-electron chi connectivity index (χ2n) is 8.28. The first-order chi connectivity index (χ1) is 12.8. The van der Waals surface area contributed by atoms with Gasteiger partial charge in [0.15, 0.2) is 5.65 Å². The Bertz CT molecular complexity index is 862. The molecule has 0 spiro atoms. The zero-order chi connectivity index (χ0) is 19.6. The van der Waals surface area contributed by atoms with E-state index in [2.05, 4.69) is 24.6 Å². The van der Waals surface area contributed by atoms with E-state index >= 15 is 0 Å². The molecule has 1 aliphatic rings. The van der Waals surface area contributed by atoms with Gasteiger partial charge in [-0.15, -0.1) is 0 Å². The van der Waals surface area contributed by atoms with Gasteiger partial charge in [0.25, 0.3) is 0 Å². The van der Waals surface area contributed by atoms with E-state index in [1.165, 1.54) is 4.90 Å². The van der Waals surface area contributed by atoms with Crippen molar-refractivity contribution in [3.05, 3.63) is 28.8 Å². The number of hydrogen-bond acceptors (Lipinski definition) is 4. The Kier molecular flexibility index (Phi) is 5.71. The predicted octanol–water partition coefficient (Wildman–Crippen LogP) is 2.83. The summed E-state index contributed by atoms with van der Waals surface area (Å²) in [4.78, 5) is 30.0. The fourth-order valence-corrected chi connectivity index (χ4v) is 4.18. The molecule has 2 aromatic rings. The minimum absolute atomic E-state index is 0.0250. The van der Waals surface area contributed by atoms with E-state index in [1.54, 1.807) is 15.3 Å². The summed E-state index contributed by atoms with van der Waals surface area (Å²) >= 11 is 0. The number of pyridine rings is 1. The molecule has 8 nitrogen and oxygen atoms in total. The van der Waals surface area contributed by atoms with Crippen molar-refractivity contribution in [1.29, 1.82) is 0 Å². The molecule has 1 aliphatic heterocycles. The molecule has 1 fully saturated rings. The number of imidazole rings is 1. The zero-order valence-electron chi connectivity index (χ0n) is 16.2. The Balaban J connectivity index is 1.81. The largest absolute Gasteiger partial charge is 0.465 e. The Morgan fingerprint density at radius 2 is 2.04 bits per heavy atom. The molecule has 27 heavy (non-hydrogen) atoms. The summed E-state index contributed by atoms with van der Waals surface area (Å²) in [6.07, 6.45) is 2.02. The average Bonchev–Trinajstić information content (AvgIpc) is 2.89. The maximum absolute atomic E-state index is 13.1. The summed E-state index contributed by atoms with van der Waals surface area (Å²) < 4.78 is 9.15. The molecular formula is C18H28N4O4Si. The summed E-state index contributed by atoms with van der Waals surface area (Å²) in [5.41, 5.74) is 1.27. The number of nitrogens with zero attached hydrogens (tertiary/aromatic N) is 4. The number of likely N-dealkylation sites (tertiary alicyclic amines) is 1. The van der Waals surface area contributed by atoms with E-state index in [4.69, 9.17) is 9.84 Å². The first-order valence-electron chi connectivity index (χ1n) is 9.39. The van der Waals surface area contributed by atoms with Crippen LogP contribution in [0.15, 0.2) is 23.1 Å². The lowest BCUT2D eigenvalue weighted by molar-refractivity contribution is 0.0859. The molecule has 1 N–H and O–H groups in total. The van der Waals surface area contributed by atoms with Crippen LogP contribution in [-0.4, -0.2) is 58.0 Å². The van der Waals surface area contributed by atoms with Crippen LogP contribution in [0.5, 0.6) is 0 Å². The molecule has 0 unspecified atom stereocenters. The van der Waals surface area contributed by atoms with Crippen molar-refractivity contribution in [2.75, 3.05) is 19.7 Å². The standard InChI is InChI=1S/C18H28N4O4Si/c1-27(2,3)12-11-26-13-21-16-15(5-4-8-19-16)22(17(21)23)14-6-9-20(10-7-14)18(24)25/h4-5,8,14H,6-7,9-13H2,1-3H3,(H,24,25). The van der Waals surface area contributed by atoms with Crippen LogP contribution in [0.4, 0.5) is 4.79 Å². The Morgan fingerprint density at radius 3 is 2.67 bits per heavy atom. The summed E-state index contributed by atoms with van der Waals surface area (Å²) in [6, 6.07) is 4.73. The third-order valence-electron chi connectivity index (χ3n) is 5.04. The van der Waals surface area contributed by atoms with Crippen LogP contribution < -0.4 is 5.69 Å². The number of ether oxygens (including phenoxy) is 1. The molecule has 0 bridgehead atoms. The highest BCUT2D eigenvalue weighted by Crippen LogP contribution is 2.25.